The van der Waals surface area contributed by atoms with E-state index in [0.29, 0.717) is 46.6 Å². The molecule has 200 valence electrons. The molecule has 0 spiro atoms. The van der Waals surface area contributed by atoms with E-state index in [2.05, 4.69) is 20.0 Å². The van der Waals surface area contributed by atoms with Crippen LogP contribution in [-0.2, 0) is 14.8 Å². The molecule has 0 radical (unpaired) electrons. The molecule has 1 saturated heterocycles. The Labute approximate surface area is 231 Å². The SMILES string of the molecule is Cc1c(-n2cccn2)cccc1S(=O)(=O)N[C@@H](CNC(=O)c1ccc(Cl)s1)C(=O)N1CCN(C)CC1.Cl. The van der Waals surface area contributed by atoms with Crippen LogP contribution < -0.4 is 10.0 Å². The van der Waals surface area contributed by atoms with Crippen molar-refractivity contribution >= 4 is 57.2 Å². The first-order valence-corrected chi connectivity index (χ1v) is 14.0. The first-order valence-electron chi connectivity index (χ1n) is 11.3. The van der Waals surface area contributed by atoms with E-state index in [4.69, 9.17) is 11.6 Å². The molecular weight excluding hydrogens is 559 g/mol. The number of aromatic nitrogens is 2. The van der Waals surface area contributed by atoms with E-state index in [9.17, 15) is 18.0 Å². The third-order valence-corrected chi connectivity index (χ3v) is 8.82. The second-order valence-corrected chi connectivity index (χ2v) is 11.9. The largest absolute Gasteiger partial charge is 0.349 e. The highest BCUT2D eigenvalue weighted by Gasteiger charge is 2.32. The summed E-state index contributed by atoms with van der Waals surface area (Å²) in [6.45, 7) is 3.76. The smallest absolute Gasteiger partial charge is 0.261 e. The van der Waals surface area contributed by atoms with Crippen molar-refractivity contribution in [2.45, 2.75) is 17.9 Å². The molecule has 37 heavy (non-hydrogen) atoms. The van der Waals surface area contributed by atoms with Gasteiger partial charge in [0.2, 0.25) is 15.9 Å². The number of piperazine rings is 1. The van der Waals surface area contributed by atoms with Crippen LogP contribution in [0.4, 0.5) is 0 Å². The number of amides is 2. The zero-order valence-electron chi connectivity index (χ0n) is 20.3. The predicted molar refractivity (Wildman–Crippen MR) is 145 cm³/mol. The average Bonchev–Trinajstić information content (AvgIpc) is 3.54. The summed E-state index contributed by atoms with van der Waals surface area (Å²) >= 11 is 7.03. The van der Waals surface area contributed by atoms with Gasteiger partial charge in [0.1, 0.15) is 6.04 Å². The van der Waals surface area contributed by atoms with Crippen LogP contribution >= 0.6 is 35.3 Å². The summed E-state index contributed by atoms with van der Waals surface area (Å²) in [5.74, 6) is -0.823. The highest BCUT2D eigenvalue weighted by molar-refractivity contribution is 7.89. The zero-order chi connectivity index (χ0) is 25.9. The van der Waals surface area contributed by atoms with Crippen molar-refractivity contribution in [1.29, 1.82) is 0 Å². The lowest BCUT2D eigenvalue weighted by Crippen LogP contribution is -2.57. The minimum atomic E-state index is -4.13. The van der Waals surface area contributed by atoms with Crippen molar-refractivity contribution in [3.8, 4) is 5.69 Å². The van der Waals surface area contributed by atoms with Crippen molar-refractivity contribution in [2.24, 2.45) is 0 Å². The van der Waals surface area contributed by atoms with Crippen LogP contribution in [-0.4, -0.2) is 85.6 Å². The number of rotatable bonds is 8. The van der Waals surface area contributed by atoms with E-state index in [1.165, 1.54) is 6.07 Å². The van der Waals surface area contributed by atoms with Gasteiger partial charge in [-0.05, 0) is 49.9 Å². The van der Waals surface area contributed by atoms with Crippen LogP contribution in [0, 0.1) is 6.92 Å². The second kappa shape index (κ2) is 12.4. The minimum absolute atomic E-state index is 0. The molecule has 14 heteroatoms. The summed E-state index contributed by atoms with van der Waals surface area (Å²) in [6, 6.07) is 8.60. The van der Waals surface area contributed by atoms with Gasteiger partial charge in [0.15, 0.2) is 0 Å². The van der Waals surface area contributed by atoms with Crippen LogP contribution in [0.3, 0.4) is 0 Å². The third-order valence-electron chi connectivity index (χ3n) is 5.97. The topological polar surface area (TPSA) is 117 Å². The number of carbonyl (C=O) groups is 2. The van der Waals surface area contributed by atoms with E-state index in [0.717, 1.165) is 11.3 Å². The molecule has 1 aromatic carbocycles. The van der Waals surface area contributed by atoms with Crippen LogP contribution in [0.1, 0.15) is 15.2 Å². The third kappa shape index (κ3) is 6.89. The van der Waals surface area contributed by atoms with E-state index in [1.54, 1.807) is 59.2 Å². The molecule has 0 saturated carbocycles. The van der Waals surface area contributed by atoms with Gasteiger partial charge in [-0.15, -0.1) is 23.7 Å². The lowest BCUT2D eigenvalue weighted by Gasteiger charge is -2.34. The molecule has 1 atom stereocenters. The lowest BCUT2D eigenvalue weighted by molar-refractivity contribution is -0.134. The summed E-state index contributed by atoms with van der Waals surface area (Å²) in [6.07, 6.45) is 3.32. The molecule has 10 nitrogen and oxygen atoms in total. The Hall–Kier alpha value is -2.48. The molecule has 1 fully saturated rings. The van der Waals surface area contributed by atoms with Gasteiger partial charge in [0.25, 0.3) is 5.91 Å². The van der Waals surface area contributed by atoms with Gasteiger partial charge in [-0.1, -0.05) is 17.7 Å². The quantitative estimate of drug-likeness (QED) is 0.418. The van der Waals surface area contributed by atoms with Gasteiger partial charge < -0.3 is 15.1 Å². The number of hydrogen-bond donors (Lipinski definition) is 2. The Morgan fingerprint density at radius 2 is 1.86 bits per heavy atom. The van der Waals surface area contributed by atoms with Crippen molar-refractivity contribution in [1.82, 2.24) is 29.6 Å². The maximum absolute atomic E-state index is 13.5. The van der Waals surface area contributed by atoms with Crippen LogP contribution in [0.25, 0.3) is 5.69 Å². The lowest BCUT2D eigenvalue weighted by atomic mass is 10.2. The summed E-state index contributed by atoms with van der Waals surface area (Å²) in [5.41, 5.74) is 1.09. The minimum Gasteiger partial charge on any atom is -0.349 e. The van der Waals surface area contributed by atoms with Gasteiger partial charge in [-0.2, -0.15) is 9.82 Å². The van der Waals surface area contributed by atoms with Crippen molar-refractivity contribution < 1.29 is 18.0 Å². The predicted octanol–water partition coefficient (Wildman–Crippen LogP) is 2.17. The Kier molecular flexibility index (Phi) is 9.73. The van der Waals surface area contributed by atoms with Gasteiger partial charge >= 0.3 is 0 Å². The molecule has 0 bridgehead atoms. The number of nitrogens with zero attached hydrogens (tertiary/aromatic N) is 4. The number of likely N-dealkylation sites (N-methyl/N-ethyl adjacent to an activating group) is 1. The molecule has 2 aromatic heterocycles. The maximum atomic E-state index is 13.5. The first-order chi connectivity index (χ1) is 17.2. The van der Waals surface area contributed by atoms with Gasteiger partial charge in [-0.3, -0.25) is 9.59 Å². The Morgan fingerprint density at radius 3 is 2.49 bits per heavy atom. The van der Waals surface area contributed by atoms with Crippen molar-refractivity contribution in [3.63, 3.8) is 0 Å². The van der Waals surface area contributed by atoms with Crippen LogP contribution in [0.15, 0.2) is 53.7 Å². The molecule has 3 heterocycles. The highest BCUT2D eigenvalue weighted by atomic mass is 35.5. The van der Waals surface area contributed by atoms with E-state index < -0.39 is 27.9 Å². The van der Waals surface area contributed by atoms with Crippen LogP contribution in [0.5, 0.6) is 0 Å². The van der Waals surface area contributed by atoms with Gasteiger partial charge in [0.05, 0.1) is 19.8 Å². The van der Waals surface area contributed by atoms with Crippen molar-refractivity contribution in [3.05, 3.63) is 63.6 Å². The molecule has 1 aliphatic rings. The number of hydrogen-bond acceptors (Lipinski definition) is 7. The number of nitrogens with one attached hydrogen (secondary N) is 2. The molecule has 0 aliphatic carbocycles. The second-order valence-electron chi connectivity index (χ2n) is 8.47. The van der Waals surface area contributed by atoms with Gasteiger partial charge in [0, 0.05) is 45.1 Å². The number of halogens is 2. The molecular formula is C23H28Cl2N6O4S2. The fourth-order valence-corrected chi connectivity index (χ4v) is 6.36. The average molecular weight is 588 g/mol. The molecule has 4 rings (SSSR count). The summed E-state index contributed by atoms with van der Waals surface area (Å²) in [5, 5.41) is 6.86. The highest BCUT2D eigenvalue weighted by Crippen LogP contribution is 2.23. The van der Waals surface area contributed by atoms with Gasteiger partial charge in [-0.25, -0.2) is 13.1 Å². The summed E-state index contributed by atoms with van der Waals surface area (Å²) in [7, 11) is -2.16. The maximum Gasteiger partial charge on any atom is 0.261 e. The standard InChI is InChI=1S/C23H27ClN6O4S2.ClH/c1-16-18(30-10-4-9-26-30)5-3-6-20(16)36(33,34)27-17(23(32)29-13-11-28(2)12-14-29)15-25-22(31)19-7-8-21(24)35-19;/h3-10,17,27H,11-15H2,1-2H3,(H,25,31);1H/t17-;/m0./s1. The molecule has 3 aromatic rings. The normalized spacial score (nSPS) is 15.2. The number of sulfonamides is 1. The monoisotopic (exact) mass is 586 g/mol. The molecule has 0 unspecified atom stereocenters. The fourth-order valence-electron chi connectivity index (χ4n) is 3.95. The van der Waals surface area contributed by atoms with Crippen LogP contribution in [0.2, 0.25) is 4.34 Å². The summed E-state index contributed by atoms with van der Waals surface area (Å²) < 4.78 is 31.6. The Bertz CT molecular complexity index is 1340. The molecule has 2 amide bonds. The first kappa shape index (κ1) is 29.1. The Balaban J connectivity index is 0.00000380. The molecule has 1 aliphatic heterocycles. The zero-order valence-corrected chi connectivity index (χ0v) is 23.5. The number of carbonyl (C=O) groups excluding carboxylic acids is 2. The van der Waals surface area contributed by atoms with E-state index in [-0.39, 0.29) is 23.8 Å². The fraction of sp³-hybridized carbons (Fsp3) is 0.348. The van der Waals surface area contributed by atoms with E-state index >= 15 is 0 Å². The number of benzene rings is 1. The Morgan fingerprint density at radius 1 is 1.14 bits per heavy atom. The molecule has 2 N–H and O–H groups in total. The van der Waals surface area contributed by atoms with E-state index in [1.807, 2.05) is 7.05 Å². The summed E-state index contributed by atoms with van der Waals surface area (Å²) in [4.78, 5) is 30.1. The number of thiophene rings is 1. The van der Waals surface area contributed by atoms with Crippen molar-refractivity contribution in [2.75, 3.05) is 39.8 Å².